The van der Waals surface area contributed by atoms with E-state index in [2.05, 4.69) is 5.32 Å². The number of hydrogen-bond acceptors (Lipinski definition) is 3. The van der Waals surface area contributed by atoms with E-state index >= 15 is 0 Å². The first-order valence-electron chi connectivity index (χ1n) is 6.88. The van der Waals surface area contributed by atoms with Gasteiger partial charge in [0.1, 0.15) is 0 Å². The Kier molecular flexibility index (Phi) is 7.68. The lowest BCUT2D eigenvalue weighted by Crippen LogP contribution is -2.45. The van der Waals surface area contributed by atoms with Gasteiger partial charge in [-0.3, -0.25) is 9.69 Å². The molecule has 0 aliphatic carbocycles. The van der Waals surface area contributed by atoms with Crippen LogP contribution in [0.15, 0.2) is 30.3 Å². The van der Waals surface area contributed by atoms with Crippen LogP contribution in [0.25, 0.3) is 0 Å². The van der Waals surface area contributed by atoms with Gasteiger partial charge in [0.05, 0.1) is 6.42 Å². The second-order valence-electron chi connectivity index (χ2n) is 4.76. The number of amides is 2. The first kappa shape index (κ1) is 17.4. The van der Waals surface area contributed by atoms with Crippen molar-refractivity contribution in [3.05, 3.63) is 30.3 Å². The number of carboxylic acid groups (broad SMARTS) is 1. The summed E-state index contributed by atoms with van der Waals surface area (Å²) in [5.74, 6) is 0.0567. The predicted molar refractivity (Wildman–Crippen MR) is 87.0 cm³/mol. The van der Waals surface area contributed by atoms with E-state index in [1.165, 1.54) is 4.90 Å². The Labute approximate surface area is 129 Å². The molecule has 0 saturated heterocycles. The van der Waals surface area contributed by atoms with Crippen LogP contribution in [0.4, 0.5) is 10.5 Å². The van der Waals surface area contributed by atoms with Gasteiger partial charge < -0.3 is 10.4 Å². The van der Waals surface area contributed by atoms with Crippen molar-refractivity contribution in [3.8, 4) is 0 Å². The molecule has 5 nitrogen and oxygen atoms in total. The highest BCUT2D eigenvalue weighted by Crippen LogP contribution is 2.14. The molecule has 0 aromatic heterocycles. The molecule has 0 spiro atoms. The molecule has 6 heteroatoms. The third-order valence-electron chi connectivity index (χ3n) is 2.99. The van der Waals surface area contributed by atoms with Crippen molar-refractivity contribution < 1.29 is 14.7 Å². The van der Waals surface area contributed by atoms with Crippen molar-refractivity contribution >= 4 is 29.4 Å². The number of para-hydroxylation sites is 1. The highest BCUT2D eigenvalue weighted by Gasteiger charge is 2.18. The molecule has 116 valence electrons. The molecule has 2 N–H and O–H groups in total. The topological polar surface area (TPSA) is 69.6 Å². The Morgan fingerprint density at radius 1 is 1.33 bits per heavy atom. The first-order valence-corrected chi connectivity index (χ1v) is 8.27. The van der Waals surface area contributed by atoms with Crippen LogP contribution < -0.4 is 10.2 Å². The highest BCUT2D eigenvalue weighted by atomic mass is 32.2. The van der Waals surface area contributed by atoms with Crippen LogP contribution in [0.1, 0.15) is 19.8 Å². The van der Waals surface area contributed by atoms with Gasteiger partial charge >= 0.3 is 12.0 Å². The molecule has 0 aliphatic rings. The van der Waals surface area contributed by atoms with Gasteiger partial charge in [-0.1, -0.05) is 18.2 Å². The number of rotatable bonds is 8. The van der Waals surface area contributed by atoms with Gasteiger partial charge in [0.2, 0.25) is 0 Å². The Morgan fingerprint density at radius 3 is 2.57 bits per heavy atom. The number of thioether (sulfide) groups is 1. The second kappa shape index (κ2) is 9.28. The summed E-state index contributed by atoms with van der Waals surface area (Å²) in [6, 6.07) is 8.91. The fourth-order valence-corrected chi connectivity index (χ4v) is 2.41. The number of carboxylic acids is 1. The molecule has 0 aliphatic heterocycles. The number of hydrogen-bond donors (Lipinski definition) is 2. The van der Waals surface area contributed by atoms with Gasteiger partial charge in [0.15, 0.2) is 0 Å². The Balaban J connectivity index is 2.71. The highest BCUT2D eigenvalue weighted by molar-refractivity contribution is 7.98. The minimum absolute atomic E-state index is 0.0565. The maximum Gasteiger partial charge on any atom is 0.322 e. The van der Waals surface area contributed by atoms with Crippen LogP contribution in [0, 0.1) is 0 Å². The van der Waals surface area contributed by atoms with Crippen molar-refractivity contribution in [3.63, 3.8) is 0 Å². The third kappa shape index (κ3) is 6.53. The molecule has 1 aromatic carbocycles. The molecule has 1 atom stereocenters. The van der Waals surface area contributed by atoms with Gasteiger partial charge in [0, 0.05) is 18.3 Å². The SMILES string of the molecule is CSCCC(C)NC(=O)N(CCC(=O)O)c1ccccc1. The molecule has 1 aromatic rings. The zero-order valence-corrected chi connectivity index (χ0v) is 13.2. The largest absolute Gasteiger partial charge is 0.481 e. The maximum absolute atomic E-state index is 12.3. The van der Waals surface area contributed by atoms with E-state index in [-0.39, 0.29) is 25.0 Å². The van der Waals surface area contributed by atoms with Crippen LogP contribution >= 0.6 is 11.8 Å². The number of anilines is 1. The van der Waals surface area contributed by atoms with Crippen LogP contribution in [0.5, 0.6) is 0 Å². The molecule has 1 rings (SSSR count). The number of nitrogens with zero attached hydrogens (tertiary/aromatic N) is 1. The van der Waals surface area contributed by atoms with Crippen LogP contribution in [-0.4, -0.2) is 41.7 Å². The fraction of sp³-hybridized carbons (Fsp3) is 0.467. The minimum Gasteiger partial charge on any atom is -0.481 e. The number of carbonyl (C=O) groups is 2. The number of nitrogens with one attached hydrogen (secondary N) is 1. The Hall–Kier alpha value is -1.69. The summed E-state index contributed by atoms with van der Waals surface area (Å²) >= 11 is 1.73. The van der Waals surface area contributed by atoms with E-state index in [1.807, 2.05) is 31.4 Å². The van der Waals surface area contributed by atoms with E-state index in [1.54, 1.807) is 23.9 Å². The quantitative estimate of drug-likeness (QED) is 0.774. The van der Waals surface area contributed by atoms with Crippen molar-refractivity contribution in [1.82, 2.24) is 5.32 Å². The molecule has 0 bridgehead atoms. The standard InChI is InChI=1S/C15H22N2O3S/c1-12(9-11-21-2)16-15(20)17(10-8-14(18)19)13-6-4-3-5-7-13/h3-7,12H,8-11H2,1-2H3,(H,16,20)(H,18,19). The molecule has 0 heterocycles. The lowest BCUT2D eigenvalue weighted by molar-refractivity contribution is -0.136. The minimum atomic E-state index is -0.917. The van der Waals surface area contributed by atoms with Gasteiger partial charge in [-0.05, 0) is 37.5 Å². The number of urea groups is 1. The summed E-state index contributed by atoms with van der Waals surface area (Å²) in [7, 11) is 0. The summed E-state index contributed by atoms with van der Waals surface area (Å²) in [5.41, 5.74) is 0.702. The molecule has 2 amide bonds. The van der Waals surface area contributed by atoms with Crippen molar-refractivity contribution in [2.75, 3.05) is 23.5 Å². The van der Waals surface area contributed by atoms with Crippen molar-refractivity contribution in [2.24, 2.45) is 0 Å². The lowest BCUT2D eigenvalue weighted by atomic mass is 10.2. The predicted octanol–water partition coefficient (Wildman–Crippen LogP) is 2.82. The molecule has 21 heavy (non-hydrogen) atoms. The number of aliphatic carboxylic acids is 1. The smallest absolute Gasteiger partial charge is 0.322 e. The Bertz CT molecular complexity index is 453. The van der Waals surface area contributed by atoms with E-state index in [4.69, 9.17) is 5.11 Å². The summed E-state index contributed by atoms with van der Waals surface area (Å²) in [6.45, 7) is 2.11. The van der Waals surface area contributed by atoms with Gasteiger partial charge in [-0.15, -0.1) is 0 Å². The summed E-state index contributed by atoms with van der Waals surface area (Å²) in [5, 5.41) is 11.7. The average molecular weight is 310 g/mol. The second-order valence-corrected chi connectivity index (χ2v) is 5.75. The summed E-state index contributed by atoms with van der Waals surface area (Å²) in [4.78, 5) is 24.6. The first-order chi connectivity index (χ1) is 10.0. The summed E-state index contributed by atoms with van der Waals surface area (Å²) < 4.78 is 0. The normalized spacial score (nSPS) is 11.7. The number of benzene rings is 1. The van der Waals surface area contributed by atoms with Crippen LogP contribution in [0.3, 0.4) is 0 Å². The van der Waals surface area contributed by atoms with Crippen LogP contribution in [-0.2, 0) is 4.79 Å². The molecule has 0 saturated carbocycles. The molecule has 1 unspecified atom stereocenters. The lowest BCUT2D eigenvalue weighted by Gasteiger charge is -2.25. The third-order valence-corrected chi connectivity index (χ3v) is 3.63. The van der Waals surface area contributed by atoms with E-state index in [0.717, 1.165) is 12.2 Å². The zero-order valence-electron chi connectivity index (χ0n) is 12.4. The van der Waals surface area contributed by atoms with Crippen molar-refractivity contribution in [2.45, 2.75) is 25.8 Å². The molecule has 0 fully saturated rings. The molecule has 0 radical (unpaired) electrons. The van der Waals surface area contributed by atoms with E-state index in [9.17, 15) is 9.59 Å². The van der Waals surface area contributed by atoms with Crippen molar-refractivity contribution in [1.29, 1.82) is 0 Å². The van der Waals surface area contributed by atoms with Gasteiger partial charge in [-0.25, -0.2) is 4.79 Å². The van der Waals surface area contributed by atoms with Gasteiger partial charge in [-0.2, -0.15) is 11.8 Å². The van der Waals surface area contributed by atoms with Gasteiger partial charge in [0.25, 0.3) is 0 Å². The molecular formula is C15H22N2O3S. The maximum atomic E-state index is 12.3. The number of carbonyl (C=O) groups excluding carboxylic acids is 1. The van der Waals surface area contributed by atoms with Crippen LogP contribution in [0.2, 0.25) is 0 Å². The monoisotopic (exact) mass is 310 g/mol. The molecular weight excluding hydrogens is 288 g/mol. The fourth-order valence-electron chi connectivity index (χ4n) is 1.82. The average Bonchev–Trinajstić information content (AvgIpc) is 2.46. The van der Waals surface area contributed by atoms with E-state index in [0.29, 0.717) is 5.69 Å². The summed E-state index contributed by atoms with van der Waals surface area (Å²) in [6.07, 6.45) is 2.83. The zero-order chi connectivity index (χ0) is 15.7. The Morgan fingerprint density at radius 2 is 2.00 bits per heavy atom. The van der Waals surface area contributed by atoms with E-state index < -0.39 is 5.97 Å².